The van der Waals surface area contributed by atoms with Crippen LogP contribution < -0.4 is 10.2 Å². The summed E-state index contributed by atoms with van der Waals surface area (Å²) < 4.78 is 27.7. The smallest absolute Gasteiger partial charge is 0.257 e. The molecule has 0 spiro atoms. The van der Waals surface area contributed by atoms with E-state index in [-0.39, 0.29) is 21.4 Å². The van der Waals surface area contributed by atoms with Crippen LogP contribution in [-0.4, -0.2) is 44.2 Å². The van der Waals surface area contributed by atoms with Crippen LogP contribution in [0, 0.1) is 0 Å². The first kappa shape index (κ1) is 22.8. The lowest BCUT2D eigenvalue weighted by molar-refractivity contribution is -0.117. The fraction of sp³-hybridized carbons (Fsp3) is 0.391. The van der Waals surface area contributed by atoms with Crippen LogP contribution in [0.15, 0.2) is 47.4 Å². The van der Waals surface area contributed by atoms with Gasteiger partial charge in [-0.25, -0.2) is 8.42 Å². The molecule has 0 aliphatic carbocycles. The summed E-state index contributed by atoms with van der Waals surface area (Å²) in [7, 11) is -3.69. The van der Waals surface area contributed by atoms with E-state index in [1.807, 2.05) is 0 Å². The molecule has 2 aliphatic heterocycles. The molecule has 0 bridgehead atoms. The molecular weight excluding hydrogens is 450 g/mol. The first-order chi connectivity index (χ1) is 15.4. The highest BCUT2D eigenvalue weighted by atomic mass is 35.5. The van der Waals surface area contributed by atoms with Crippen LogP contribution in [0.25, 0.3) is 0 Å². The molecule has 7 nitrogen and oxygen atoms in total. The average molecular weight is 476 g/mol. The molecule has 1 N–H and O–H groups in total. The Morgan fingerprint density at radius 3 is 2.22 bits per heavy atom. The summed E-state index contributed by atoms with van der Waals surface area (Å²) in [5.41, 5.74) is 1.41. The molecule has 2 aromatic carbocycles. The average Bonchev–Trinajstić information content (AvgIpc) is 3.02. The molecule has 2 saturated heterocycles. The zero-order valence-corrected chi connectivity index (χ0v) is 19.3. The van der Waals surface area contributed by atoms with Crippen molar-refractivity contribution in [1.29, 1.82) is 0 Å². The van der Waals surface area contributed by atoms with Gasteiger partial charge in [0.25, 0.3) is 5.91 Å². The topological polar surface area (TPSA) is 86.8 Å². The maximum absolute atomic E-state index is 13.1. The second kappa shape index (κ2) is 9.60. The normalized spacial score (nSPS) is 17.9. The number of hydrogen-bond acceptors (Lipinski definition) is 4. The van der Waals surface area contributed by atoms with E-state index >= 15 is 0 Å². The zero-order chi connectivity index (χ0) is 22.7. The third-order valence-electron chi connectivity index (χ3n) is 5.90. The Bertz CT molecular complexity index is 1110. The minimum absolute atomic E-state index is 0.0665. The van der Waals surface area contributed by atoms with Crippen molar-refractivity contribution in [3.8, 4) is 0 Å². The molecule has 0 saturated carbocycles. The quantitative estimate of drug-likeness (QED) is 0.699. The van der Waals surface area contributed by atoms with Gasteiger partial charge in [0, 0.05) is 37.4 Å². The number of rotatable bonds is 5. The number of hydrogen-bond donors (Lipinski definition) is 1. The first-order valence-electron chi connectivity index (χ1n) is 10.9. The lowest BCUT2D eigenvalue weighted by Crippen LogP contribution is -2.32. The number of nitrogens with one attached hydrogen (secondary N) is 1. The van der Waals surface area contributed by atoms with Crippen LogP contribution in [0.4, 0.5) is 11.4 Å². The van der Waals surface area contributed by atoms with E-state index in [0.29, 0.717) is 31.7 Å². The summed E-state index contributed by atoms with van der Waals surface area (Å²) in [5.74, 6) is -0.399. The molecule has 4 rings (SSSR count). The predicted octanol–water partition coefficient (Wildman–Crippen LogP) is 4.28. The van der Waals surface area contributed by atoms with Crippen LogP contribution in [-0.2, 0) is 14.8 Å². The number of carbonyl (C=O) groups is 2. The number of nitrogens with zero attached hydrogens (tertiary/aromatic N) is 2. The van der Waals surface area contributed by atoms with Crippen molar-refractivity contribution in [2.24, 2.45) is 0 Å². The summed E-state index contributed by atoms with van der Waals surface area (Å²) in [4.78, 5) is 26.6. The maximum atomic E-state index is 13.1. The van der Waals surface area contributed by atoms with E-state index in [1.165, 1.54) is 22.5 Å². The fourth-order valence-electron chi connectivity index (χ4n) is 4.11. The SMILES string of the molecule is O=C(Nc1ccc(N2CCCC2=O)cc1)c1cc(S(=O)(=O)N2CCCCCC2)ccc1Cl. The Morgan fingerprint density at radius 2 is 1.59 bits per heavy atom. The molecular formula is C23H26ClN3O4S. The van der Waals surface area contributed by atoms with Crippen LogP contribution >= 0.6 is 11.6 Å². The molecule has 9 heteroatoms. The lowest BCUT2D eigenvalue weighted by Gasteiger charge is -2.20. The monoisotopic (exact) mass is 475 g/mol. The van der Waals surface area contributed by atoms with Gasteiger partial charge in [0.05, 0.1) is 15.5 Å². The number of anilines is 2. The van der Waals surface area contributed by atoms with Gasteiger partial charge in [0.1, 0.15) is 0 Å². The minimum Gasteiger partial charge on any atom is -0.322 e. The Hall–Kier alpha value is -2.42. The van der Waals surface area contributed by atoms with Crippen molar-refractivity contribution in [3.05, 3.63) is 53.1 Å². The van der Waals surface area contributed by atoms with Crippen molar-refractivity contribution in [2.45, 2.75) is 43.4 Å². The molecule has 0 unspecified atom stereocenters. The third kappa shape index (κ3) is 4.82. The molecule has 0 atom stereocenters. The largest absolute Gasteiger partial charge is 0.322 e. The minimum atomic E-state index is -3.69. The van der Waals surface area contributed by atoms with Gasteiger partial charge in [0.15, 0.2) is 0 Å². The summed E-state index contributed by atoms with van der Waals surface area (Å²) in [6.07, 6.45) is 5.09. The Morgan fingerprint density at radius 1 is 0.906 bits per heavy atom. The number of carbonyl (C=O) groups excluding carboxylic acids is 2. The van der Waals surface area contributed by atoms with Gasteiger partial charge >= 0.3 is 0 Å². The third-order valence-corrected chi connectivity index (χ3v) is 8.12. The summed E-state index contributed by atoms with van der Waals surface area (Å²) >= 11 is 6.23. The van der Waals surface area contributed by atoms with E-state index in [9.17, 15) is 18.0 Å². The molecule has 2 amide bonds. The van der Waals surface area contributed by atoms with Crippen molar-refractivity contribution >= 4 is 44.8 Å². The van der Waals surface area contributed by atoms with Gasteiger partial charge in [0.2, 0.25) is 15.9 Å². The van der Waals surface area contributed by atoms with Gasteiger partial charge < -0.3 is 10.2 Å². The molecule has 0 aromatic heterocycles. The lowest BCUT2D eigenvalue weighted by atomic mass is 10.2. The number of sulfonamides is 1. The summed E-state index contributed by atoms with van der Waals surface area (Å²) in [5, 5.41) is 2.94. The predicted molar refractivity (Wildman–Crippen MR) is 125 cm³/mol. The van der Waals surface area contributed by atoms with Crippen molar-refractivity contribution in [1.82, 2.24) is 4.31 Å². The molecule has 170 valence electrons. The first-order valence-corrected chi connectivity index (χ1v) is 12.7. The van der Waals surface area contributed by atoms with Gasteiger partial charge in [-0.3, -0.25) is 9.59 Å². The number of halogens is 1. The molecule has 2 fully saturated rings. The van der Waals surface area contributed by atoms with Gasteiger partial charge in [-0.1, -0.05) is 24.4 Å². The van der Waals surface area contributed by atoms with Crippen LogP contribution in [0.2, 0.25) is 5.02 Å². The maximum Gasteiger partial charge on any atom is 0.257 e. The van der Waals surface area contributed by atoms with E-state index in [2.05, 4.69) is 5.32 Å². The molecule has 32 heavy (non-hydrogen) atoms. The van der Waals surface area contributed by atoms with Crippen molar-refractivity contribution < 1.29 is 18.0 Å². The van der Waals surface area contributed by atoms with E-state index in [4.69, 9.17) is 11.6 Å². The van der Waals surface area contributed by atoms with Crippen molar-refractivity contribution in [2.75, 3.05) is 29.9 Å². The second-order valence-electron chi connectivity index (χ2n) is 8.11. The van der Waals surface area contributed by atoms with Gasteiger partial charge in [-0.15, -0.1) is 0 Å². The van der Waals surface area contributed by atoms with Crippen LogP contribution in [0.3, 0.4) is 0 Å². The van der Waals surface area contributed by atoms with Crippen LogP contribution in [0.1, 0.15) is 48.9 Å². The molecule has 0 radical (unpaired) electrons. The Labute approximate surface area is 193 Å². The van der Waals surface area contributed by atoms with Crippen LogP contribution in [0.5, 0.6) is 0 Å². The zero-order valence-electron chi connectivity index (χ0n) is 17.7. The Balaban J connectivity index is 1.52. The molecule has 2 aliphatic rings. The second-order valence-corrected chi connectivity index (χ2v) is 10.5. The summed E-state index contributed by atoms with van der Waals surface area (Å²) in [6, 6.07) is 11.2. The number of benzene rings is 2. The van der Waals surface area contributed by atoms with Gasteiger partial charge in [-0.05, 0) is 61.7 Å². The summed E-state index contributed by atoms with van der Waals surface area (Å²) in [6.45, 7) is 1.66. The van der Waals surface area contributed by atoms with E-state index in [1.54, 1.807) is 29.2 Å². The standard InChI is InChI=1S/C23H26ClN3O4S/c24-21-12-11-19(32(30,31)26-13-3-1-2-4-14-26)16-20(21)23(29)25-17-7-9-18(10-8-17)27-15-5-6-22(27)28/h7-12,16H,1-6,13-15H2,(H,25,29). The highest BCUT2D eigenvalue weighted by Crippen LogP contribution is 2.27. The highest BCUT2D eigenvalue weighted by Gasteiger charge is 2.27. The fourth-order valence-corrected chi connectivity index (χ4v) is 5.86. The molecule has 2 aromatic rings. The Kier molecular flexibility index (Phi) is 6.83. The molecule has 2 heterocycles. The van der Waals surface area contributed by atoms with Crippen molar-refractivity contribution in [3.63, 3.8) is 0 Å². The highest BCUT2D eigenvalue weighted by molar-refractivity contribution is 7.89. The number of amides is 2. The van der Waals surface area contributed by atoms with E-state index in [0.717, 1.165) is 37.8 Å². The van der Waals surface area contributed by atoms with Gasteiger partial charge in [-0.2, -0.15) is 4.31 Å². The van der Waals surface area contributed by atoms with E-state index < -0.39 is 15.9 Å².